The van der Waals surface area contributed by atoms with E-state index in [1.807, 2.05) is 0 Å². The van der Waals surface area contributed by atoms with E-state index >= 15 is 0 Å². The van der Waals surface area contributed by atoms with Gasteiger partial charge in [-0.15, -0.1) is 0 Å². The summed E-state index contributed by atoms with van der Waals surface area (Å²) in [5.74, 6) is 0.580. The number of nitrogens with zero attached hydrogens (tertiary/aromatic N) is 2. The molecule has 0 aliphatic heterocycles. The second kappa shape index (κ2) is 5.46. The highest BCUT2D eigenvalue weighted by molar-refractivity contribution is 5.70. The normalized spacial score (nSPS) is 8.62. The molecule has 0 atom stereocenters. The molecule has 0 aromatic heterocycles. The fourth-order valence-corrected chi connectivity index (χ4v) is 1.14. The summed E-state index contributed by atoms with van der Waals surface area (Å²) in [7, 11) is 2.81. The van der Waals surface area contributed by atoms with Crippen molar-refractivity contribution in [2.24, 2.45) is 9.98 Å². The van der Waals surface area contributed by atoms with Crippen molar-refractivity contribution in [2.75, 3.05) is 14.2 Å². The van der Waals surface area contributed by atoms with Gasteiger partial charge < -0.3 is 9.47 Å². The number of benzene rings is 1. The third-order valence-corrected chi connectivity index (χ3v) is 1.81. The first-order valence-corrected chi connectivity index (χ1v) is 4.18. The Morgan fingerprint density at radius 1 is 0.938 bits per heavy atom. The first-order chi connectivity index (χ1) is 7.76. The van der Waals surface area contributed by atoms with Gasteiger partial charge in [0.25, 0.3) is 0 Å². The lowest BCUT2D eigenvalue weighted by Crippen LogP contribution is -1.87. The number of rotatable bonds is 4. The summed E-state index contributed by atoms with van der Waals surface area (Å²) in [5.41, 5.74) is 0.499. The summed E-state index contributed by atoms with van der Waals surface area (Å²) in [4.78, 5) is 27.2. The fraction of sp³-hybridized carbons (Fsp3) is 0.200. The minimum atomic E-state index is 0.249. The summed E-state index contributed by atoms with van der Waals surface area (Å²) < 4.78 is 9.93. The van der Waals surface area contributed by atoms with Crippen LogP contribution in [0.3, 0.4) is 0 Å². The van der Waals surface area contributed by atoms with Gasteiger partial charge in [-0.25, -0.2) is 9.59 Å². The summed E-state index contributed by atoms with van der Waals surface area (Å²) >= 11 is 0. The van der Waals surface area contributed by atoms with Crippen LogP contribution in [0.1, 0.15) is 0 Å². The van der Waals surface area contributed by atoms with Gasteiger partial charge >= 0.3 is 0 Å². The standard InChI is InChI=1S/C10H8N2O4/c1-15-9-3-8(12-6-14)10(16-2)4-7(9)11-5-13/h3-4H,1-2H3. The minimum absolute atomic E-state index is 0.249. The Morgan fingerprint density at radius 3 is 1.56 bits per heavy atom. The molecule has 0 radical (unpaired) electrons. The molecule has 0 heterocycles. The number of hydrogen-bond acceptors (Lipinski definition) is 6. The third-order valence-electron chi connectivity index (χ3n) is 1.81. The smallest absolute Gasteiger partial charge is 0.240 e. The molecule has 0 bridgehead atoms. The lowest BCUT2D eigenvalue weighted by Gasteiger charge is -2.07. The highest BCUT2D eigenvalue weighted by Crippen LogP contribution is 2.39. The summed E-state index contributed by atoms with van der Waals surface area (Å²) in [6.07, 6.45) is 2.79. The molecule has 16 heavy (non-hydrogen) atoms. The number of aliphatic imine (C=N–C) groups is 2. The Labute approximate surface area is 91.2 Å². The van der Waals surface area contributed by atoms with Crippen LogP contribution in [0.4, 0.5) is 11.4 Å². The second-order valence-corrected chi connectivity index (χ2v) is 2.60. The second-order valence-electron chi connectivity index (χ2n) is 2.60. The zero-order chi connectivity index (χ0) is 12.0. The van der Waals surface area contributed by atoms with Gasteiger partial charge in [0.1, 0.15) is 22.9 Å². The average molecular weight is 220 g/mol. The monoisotopic (exact) mass is 220 g/mol. The molecule has 0 saturated carbocycles. The molecule has 0 amide bonds. The lowest BCUT2D eigenvalue weighted by molar-refractivity contribution is 0.405. The molecular formula is C10H8N2O4. The molecule has 6 nitrogen and oxygen atoms in total. The van der Waals surface area contributed by atoms with Crippen LogP contribution >= 0.6 is 0 Å². The van der Waals surface area contributed by atoms with Gasteiger partial charge in [-0.3, -0.25) is 0 Å². The van der Waals surface area contributed by atoms with Crippen molar-refractivity contribution >= 4 is 23.5 Å². The van der Waals surface area contributed by atoms with Gasteiger partial charge in [-0.2, -0.15) is 9.98 Å². The van der Waals surface area contributed by atoms with Crippen LogP contribution in [0.25, 0.3) is 0 Å². The molecule has 6 heteroatoms. The van der Waals surface area contributed by atoms with Gasteiger partial charge in [0.05, 0.1) is 14.2 Å². The van der Waals surface area contributed by atoms with Crippen LogP contribution in [0, 0.1) is 0 Å². The van der Waals surface area contributed by atoms with Crippen molar-refractivity contribution in [3.8, 4) is 11.5 Å². The van der Waals surface area contributed by atoms with Crippen molar-refractivity contribution in [3.05, 3.63) is 12.1 Å². The Bertz CT molecular complexity index is 440. The van der Waals surface area contributed by atoms with E-state index in [9.17, 15) is 9.59 Å². The van der Waals surface area contributed by atoms with Gasteiger partial charge in [-0.1, -0.05) is 0 Å². The van der Waals surface area contributed by atoms with Crippen molar-refractivity contribution in [2.45, 2.75) is 0 Å². The van der Waals surface area contributed by atoms with Crippen LogP contribution in [0.15, 0.2) is 22.1 Å². The SMILES string of the molecule is COc1cc(N=C=O)c(OC)cc1N=C=O. The summed E-state index contributed by atoms with van der Waals surface area (Å²) in [6.45, 7) is 0. The van der Waals surface area contributed by atoms with Gasteiger partial charge in [0.15, 0.2) is 0 Å². The van der Waals surface area contributed by atoms with E-state index in [0.29, 0.717) is 0 Å². The van der Waals surface area contributed by atoms with Crippen molar-refractivity contribution in [1.29, 1.82) is 0 Å². The molecule has 0 spiro atoms. The van der Waals surface area contributed by atoms with E-state index in [4.69, 9.17) is 9.47 Å². The van der Waals surface area contributed by atoms with E-state index in [0.717, 1.165) is 0 Å². The van der Waals surface area contributed by atoms with Crippen LogP contribution in [-0.2, 0) is 9.59 Å². The minimum Gasteiger partial charge on any atom is -0.494 e. The van der Waals surface area contributed by atoms with Crippen LogP contribution in [0.5, 0.6) is 11.5 Å². The van der Waals surface area contributed by atoms with E-state index in [2.05, 4.69) is 9.98 Å². The number of isocyanates is 2. The first-order valence-electron chi connectivity index (χ1n) is 4.18. The topological polar surface area (TPSA) is 77.3 Å². The number of ether oxygens (including phenoxy) is 2. The maximum absolute atomic E-state index is 10.2. The molecule has 0 fully saturated rings. The molecule has 1 aromatic carbocycles. The number of carbonyl (C=O) groups excluding carboxylic acids is 2. The third kappa shape index (κ3) is 2.33. The van der Waals surface area contributed by atoms with E-state index in [-0.39, 0.29) is 22.9 Å². The van der Waals surface area contributed by atoms with E-state index in [1.165, 1.54) is 38.5 Å². The Balaban J connectivity index is 3.44. The van der Waals surface area contributed by atoms with Crippen molar-refractivity contribution in [1.82, 2.24) is 0 Å². The van der Waals surface area contributed by atoms with Crippen molar-refractivity contribution in [3.63, 3.8) is 0 Å². The molecule has 1 aromatic rings. The molecule has 1 rings (SSSR count). The fourth-order valence-electron chi connectivity index (χ4n) is 1.14. The van der Waals surface area contributed by atoms with Gasteiger partial charge in [-0.05, 0) is 0 Å². The summed E-state index contributed by atoms with van der Waals surface area (Å²) in [5, 5.41) is 0. The van der Waals surface area contributed by atoms with E-state index < -0.39 is 0 Å². The van der Waals surface area contributed by atoms with E-state index in [1.54, 1.807) is 0 Å². The quantitative estimate of drug-likeness (QED) is 0.570. The Hall–Kier alpha value is -2.42. The number of methoxy groups -OCH3 is 2. The predicted octanol–water partition coefficient (Wildman–Crippen LogP) is 1.64. The number of hydrogen-bond donors (Lipinski definition) is 0. The largest absolute Gasteiger partial charge is 0.494 e. The summed E-state index contributed by atoms with van der Waals surface area (Å²) in [6, 6.07) is 2.83. The highest BCUT2D eigenvalue weighted by Gasteiger charge is 2.10. The maximum atomic E-state index is 10.2. The molecule has 0 saturated heterocycles. The maximum Gasteiger partial charge on any atom is 0.240 e. The van der Waals surface area contributed by atoms with Gasteiger partial charge in [0, 0.05) is 12.1 Å². The molecule has 0 aliphatic carbocycles. The predicted molar refractivity (Wildman–Crippen MR) is 55.1 cm³/mol. The highest BCUT2D eigenvalue weighted by atomic mass is 16.5. The Morgan fingerprint density at radius 2 is 1.31 bits per heavy atom. The van der Waals surface area contributed by atoms with Gasteiger partial charge in [0.2, 0.25) is 12.2 Å². The van der Waals surface area contributed by atoms with Crippen LogP contribution < -0.4 is 9.47 Å². The Kier molecular flexibility index (Phi) is 3.98. The lowest BCUT2D eigenvalue weighted by atomic mass is 10.2. The molecule has 0 unspecified atom stereocenters. The zero-order valence-corrected chi connectivity index (χ0v) is 8.68. The molecule has 0 N–H and O–H groups in total. The average Bonchev–Trinajstić information content (AvgIpc) is 2.31. The van der Waals surface area contributed by atoms with Crippen LogP contribution in [-0.4, -0.2) is 26.4 Å². The molecule has 0 aliphatic rings. The first kappa shape index (κ1) is 11.7. The van der Waals surface area contributed by atoms with Crippen molar-refractivity contribution < 1.29 is 19.1 Å². The molecule has 82 valence electrons. The zero-order valence-electron chi connectivity index (χ0n) is 8.68. The molecular weight excluding hydrogens is 212 g/mol. The van der Waals surface area contributed by atoms with Crippen LogP contribution in [0.2, 0.25) is 0 Å².